The quantitative estimate of drug-likeness (QED) is 0.162. The van der Waals surface area contributed by atoms with Gasteiger partial charge in [-0.3, -0.25) is 0 Å². The lowest BCUT2D eigenvalue weighted by atomic mass is 10.0. The smallest absolute Gasteiger partial charge is 0.167 e. The molecule has 0 aliphatic heterocycles. The molecular formula is C44H34N4+4. The molecule has 4 heteroatoms. The fourth-order valence-corrected chi connectivity index (χ4v) is 6.02. The number of aromatic nitrogens is 4. The van der Waals surface area contributed by atoms with Gasteiger partial charge in [-0.15, -0.1) is 0 Å². The van der Waals surface area contributed by atoms with Gasteiger partial charge in [0.1, 0.15) is 0 Å². The molecule has 0 aliphatic rings. The summed E-state index contributed by atoms with van der Waals surface area (Å²) in [6.45, 7) is 0. The summed E-state index contributed by atoms with van der Waals surface area (Å²) in [5, 5.41) is 0. The zero-order chi connectivity index (χ0) is 32.1. The van der Waals surface area contributed by atoms with E-state index in [2.05, 4.69) is 213 Å². The Bertz CT molecular complexity index is 2080. The number of para-hydroxylation sites is 2. The Morgan fingerprint density at radius 2 is 0.396 bits per heavy atom. The fraction of sp³-hybridized carbons (Fsp3) is 0. The number of benzene rings is 4. The Hall–Kier alpha value is -6.52. The molecule has 0 spiro atoms. The normalized spacial score (nSPS) is 10.9. The van der Waals surface area contributed by atoms with Crippen LogP contribution in [0.5, 0.6) is 0 Å². The summed E-state index contributed by atoms with van der Waals surface area (Å²) in [5.41, 5.74) is 11.7. The third-order valence-electron chi connectivity index (χ3n) is 8.76. The van der Waals surface area contributed by atoms with Crippen LogP contribution in [0.2, 0.25) is 0 Å². The molecule has 4 heterocycles. The molecule has 0 bridgehead atoms. The van der Waals surface area contributed by atoms with Gasteiger partial charge in [0.25, 0.3) is 0 Å². The molecule has 0 N–H and O–H groups in total. The van der Waals surface area contributed by atoms with E-state index in [1.165, 1.54) is 33.4 Å². The molecule has 4 aromatic heterocycles. The first kappa shape index (κ1) is 28.9. The van der Waals surface area contributed by atoms with Gasteiger partial charge in [0.05, 0.1) is 0 Å². The Balaban J connectivity index is 0.921. The second-order valence-electron chi connectivity index (χ2n) is 11.7. The average molecular weight is 619 g/mol. The van der Waals surface area contributed by atoms with E-state index >= 15 is 0 Å². The minimum absolute atomic E-state index is 1.13. The molecule has 8 rings (SSSR count). The van der Waals surface area contributed by atoms with Gasteiger partial charge in [-0.05, 0) is 57.6 Å². The third-order valence-corrected chi connectivity index (χ3v) is 8.76. The van der Waals surface area contributed by atoms with Crippen LogP contribution in [0.15, 0.2) is 207 Å². The maximum atomic E-state index is 2.19. The summed E-state index contributed by atoms with van der Waals surface area (Å²) in [6, 6.07) is 55.5. The van der Waals surface area contributed by atoms with Crippen molar-refractivity contribution in [2.45, 2.75) is 0 Å². The van der Waals surface area contributed by atoms with Crippen LogP contribution in [-0.2, 0) is 0 Å². The maximum absolute atomic E-state index is 2.19. The maximum Gasteiger partial charge on any atom is 0.210 e. The van der Waals surface area contributed by atoms with E-state index in [1.807, 2.05) is 12.1 Å². The van der Waals surface area contributed by atoms with Gasteiger partial charge in [0.15, 0.2) is 49.6 Å². The Morgan fingerprint density at radius 3 is 0.646 bits per heavy atom. The summed E-state index contributed by atoms with van der Waals surface area (Å²) >= 11 is 0. The Kier molecular flexibility index (Phi) is 7.87. The molecule has 8 aromatic rings. The van der Waals surface area contributed by atoms with Crippen molar-refractivity contribution in [1.29, 1.82) is 0 Å². The standard InChI is InChI=1S/C44H34N4/c1-3-7-41(8-4-1)45-27-19-37(20-28-45)39-23-31-47(32-24-39)43-15-11-35(12-16-43)36-13-17-44(18-14-36)48-33-25-40(26-34-48)38-21-29-46(30-22-38)42-9-5-2-6-10-42/h1-34H/q+4. The zero-order valence-electron chi connectivity index (χ0n) is 26.4. The first-order valence-electron chi connectivity index (χ1n) is 16.2. The highest BCUT2D eigenvalue weighted by Gasteiger charge is 2.12. The molecule has 48 heavy (non-hydrogen) atoms. The van der Waals surface area contributed by atoms with E-state index in [4.69, 9.17) is 0 Å². The minimum atomic E-state index is 1.13. The van der Waals surface area contributed by atoms with E-state index in [1.54, 1.807) is 0 Å². The highest BCUT2D eigenvalue weighted by atomic mass is 14.9. The van der Waals surface area contributed by atoms with Crippen molar-refractivity contribution in [1.82, 2.24) is 0 Å². The summed E-state index contributed by atoms with van der Waals surface area (Å²) in [4.78, 5) is 0. The molecule has 0 unspecified atom stereocenters. The number of hydrogen-bond acceptors (Lipinski definition) is 0. The van der Waals surface area contributed by atoms with Crippen molar-refractivity contribution in [3.05, 3.63) is 207 Å². The van der Waals surface area contributed by atoms with E-state index in [0.29, 0.717) is 0 Å². The van der Waals surface area contributed by atoms with Crippen LogP contribution >= 0.6 is 0 Å². The van der Waals surface area contributed by atoms with E-state index in [9.17, 15) is 0 Å². The topological polar surface area (TPSA) is 15.5 Å². The van der Waals surface area contributed by atoms with Gasteiger partial charge in [-0.25, -0.2) is 0 Å². The van der Waals surface area contributed by atoms with E-state index in [0.717, 1.165) is 22.7 Å². The zero-order valence-corrected chi connectivity index (χ0v) is 26.4. The van der Waals surface area contributed by atoms with Crippen molar-refractivity contribution < 1.29 is 18.3 Å². The van der Waals surface area contributed by atoms with Crippen LogP contribution in [0.1, 0.15) is 0 Å². The first-order valence-corrected chi connectivity index (χ1v) is 16.2. The van der Waals surface area contributed by atoms with Gasteiger partial charge < -0.3 is 0 Å². The second-order valence-corrected chi connectivity index (χ2v) is 11.7. The van der Waals surface area contributed by atoms with Crippen LogP contribution in [0.4, 0.5) is 0 Å². The Labute approximate surface area is 281 Å². The largest absolute Gasteiger partial charge is 0.210 e. The van der Waals surface area contributed by atoms with Gasteiger partial charge >= 0.3 is 0 Å². The number of pyridine rings is 4. The first-order chi connectivity index (χ1) is 23.8. The highest BCUT2D eigenvalue weighted by Crippen LogP contribution is 2.22. The predicted octanol–water partition coefficient (Wildman–Crippen LogP) is 7.79. The molecule has 0 saturated heterocycles. The lowest BCUT2D eigenvalue weighted by Crippen LogP contribution is -2.29. The number of nitrogens with zero attached hydrogens (tertiary/aromatic N) is 4. The molecule has 226 valence electrons. The van der Waals surface area contributed by atoms with Crippen molar-refractivity contribution >= 4 is 0 Å². The second kappa shape index (κ2) is 13.1. The summed E-state index contributed by atoms with van der Waals surface area (Å²) in [7, 11) is 0. The van der Waals surface area contributed by atoms with Crippen molar-refractivity contribution in [3.63, 3.8) is 0 Å². The van der Waals surface area contributed by atoms with Gasteiger partial charge in [-0.2, -0.15) is 18.3 Å². The summed E-state index contributed by atoms with van der Waals surface area (Å²) in [5.74, 6) is 0. The van der Waals surface area contributed by atoms with Gasteiger partial charge in [0, 0.05) is 97.1 Å². The lowest BCUT2D eigenvalue weighted by molar-refractivity contribution is -0.596. The highest BCUT2D eigenvalue weighted by molar-refractivity contribution is 5.65. The number of rotatable bonds is 7. The molecule has 0 radical (unpaired) electrons. The summed E-state index contributed by atoms with van der Waals surface area (Å²) in [6.07, 6.45) is 16.9. The molecule has 0 atom stereocenters. The van der Waals surface area contributed by atoms with Crippen LogP contribution in [-0.4, -0.2) is 0 Å². The SMILES string of the molecule is c1ccc(-[n+]2ccc(-c3cc[n+](-c4ccc(-c5ccc(-[n+]6ccc(-c7cc[n+](-c8ccccc8)cc7)cc6)cc5)cc4)cc3)cc2)cc1. The van der Waals surface area contributed by atoms with Gasteiger partial charge in [0.2, 0.25) is 22.7 Å². The predicted molar refractivity (Wildman–Crippen MR) is 189 cm³/mol. The molecule has 0 aliphatic carbocycles. The molecule has 4 aromatic carbocycles. The van der Waals surface area contributed by atoms with Gasteiger partial charge in [-0.1, -0.05) is 36.4 Å². The van der Waals surface area contributed by atoms with Crippen molar-refractivity contribution in [2.75, 3.05) is 0 Å². The summed E-state index contributed by atoms with van der Waals surface area (Å²) < 4.78 is 8.56. The van der Waals surface area contributed by atoms with Crippen LogP contribution in [0.25, 0.3) is 56.1 Å². The lowest BCUT2D eigenvalue weighted by Gasteiger charge is -2.04. The average Bonchev–Trinajstić information content (AvgIpc) is 3.19. The molecule has 0 fully saturated rings. The molecular weight excluding hydrogens is 585 g/mol. The van der Waals surface area contributed by atoms with Crippen molar-refractivity contribution in [2.24, 2.45) is 0 Å². The van der Waals surface area contributed by atoms with E-state index in [-0.39, 0.29) is 0 Å². The molecule has 0 amide bonds. The van der Waals surface area contributed by atoms with Crippen LogP contribution in [0.3, 0.4) is 0 Å². The fourth-order valence-electron chi connectivity index (χ4n) is 6.02. The number of hydrogen-bond donors (Lipinski definition) is 0. The third kappa shape index (κ3) is 6.15. The minimum Gasteiger partial charge on any atom is -0.167 e. The van der Waals surface area contributed by atoms with E-state index < -0.39 is 0 Å². The Morgan fingerprint density at radius 1 is 0.188 bits per heavy atom. The monoisotopic (exact) mass is 618 g/mol. The van der Waals surface area contributed by atoms with Crippen LogP contribution < -0.4 is 18.3 Å². The molecule has 0 saturated carbocycles. The molecule has 4 nitrogen and oxygen atoms in total. The van der Waals surface area contributed by atoms with Crippen LogP contribution in [0, 0.1) is 0 Å². The van der Waals surface area contributed by atoms with Crippen molar-refractivity contribution in [3.8, 4) is 56.1 Å².